The molecule has 4 rings (SSSR count). The van der Waals surface area contributed by atoms with Crippen LogP contribution < -0.4 is 9.47 Å². The van der Waals surface area contributed by atoms with Crippen molar-refractivity contribution in [2.24, 2.45) is 0 Å². The van der Waals surface area contributed by atoms with Crippen molar-refractivity contribution in [1.29, 1.82) is 0 Å². The summed E-state index contributed by atoms with van der Waals surface area (Å²) in [6.45, 7) is 0. The summed E-state index contributed by atoms with van der Waals surface area (Å²) in [5, 5.41) is 8.81. The van der Waals surface area contributed by atoms with Gasteiger partial charge in [0.05, 0.1) is 0 Å². The number of carboxylic acid groups (broad SMARTS) is 1. The second-order valence-corrected chi connectivity index (χ2v) is 6.93. The zero-order valence-electron chi connectivity index (χ0n) is 16.5. The van der Waals surface area contributed by atoms with Crippen molar-refractivity contribution < 1.29 is 32.5 Å². The van der Waals surface area contributed by atoms with Crippen LogP contribution in [-0.2, 0) is 17.4 Å². The molecule has 0 unspecified atom stereocenters. The number of carbonyl (C=O) groups is 1. The van der Waals surface area contributed by atoms with Gasteiger partial charge in [0.1, 0.15) is 22.8 Å². The first-order chi connectivity index (χ1) is 15.3. The summed E-state index contributed by atoms with van der Waals surface area (Å²) in [5.41, 5.74) is 0.118. The molecule has 4 aromatic rings. The molecule has 0 fully saturated rings. The normalized spacial score (nSPS) is 11.5. The zero-order valence-corrected chi connectivity index (χ0v) is 16.5. The Balaban J connectivity index is 1.61. The molecule has 0 atom stereocenters. The van der Waals surface area contributed by atoms with Crippen LogP contribution in [0.25, 0.3) is 5.65 Å². The smallest absolute Gasteiger partial charge is 0.420 e. The van der Waals surface area contributed by atoms with Crippen LogP contribution in [0.3, 0.4) is 0 Å². The molecule has 0 spiro atoms. The van der Waals surface area contributed by atoms with Crippen molar-refractivity contribution >= 4 is 11.6 Å². The number of pyridine rings is 1. The molecule has 0 saturated carbocycles. The Hall–Kier alpha value is -4.01. The molecule has 9 heteroatoms. The average Bonchev–Trinajstić information content (AvgIpc) is 3.23. The number of aryl methyl sites for hydroxylation is 1. The Kier molecular flexibility index (Phi) is 5.72. The Bertz CT molecular complexity index is 1270. The predicted octanol–water partition coefficient (Wildman–Crippen LogP) is 5.95. The monoisotopic (exact) mass is 442 g/mol. The maximum atomic E-state index is 13.7. The molecule has 0 bridgehead atoms. The van der Waals surface area contributed by atoms with Gasteiger partial charge in [-0.1, -0.05) is 12.1 Å². The molecular weight excluding hydrogens is 425 g/mol. The van der Waals surface area contributed by atoms with Gasteiger partial charge in [-0.05, 0) is 54.4 Å². The minimum absolute atomic E-state index is 0.0176. The van der Waals surface area contributed by atoms with Crippen LogP contribution in [-0.4, -0.2) is 20.5 Å². The fraction of sp³-hybridized carbons (Fsp3) is 0.130. The summed E-state index contributed by atoms with van der Waals surface area (Å²) in [5.74, 6) is -0.882. The van der Waals surface area contributed by atoms with Gasteiger partial charge in [-0.2, -0.15) is 13.2 Å². The van der Waals surface area contributed by atoms with E-state index < -0.39 is 17.7 Å². The van der Waals surface area contributed by atoms with E-state index in [1.54, 1.807) is 47.3 Å². The fourth-order valence-electron chi connectivity index (χ4n) is 3.15. The minimum Gasteiger partial charge on any atom is -0.481 e. The molecule has 2 aromatic carbocycles. The molecule has 6 nitrogen and oxygen atoms in total. The Morgan fingerprint density at radius 1 is 0.969 bits per heavy atom. The first-order valence-corrected chi connectivity index (χ1v) is 9.59. The number of ether oxygens (including phenoxy) is 2. The number of rotatable bonds is 7. The molecule has 0 amide bonds. The summed E-state index contributed by atoms with van der Waals surface area (Å²) in [4.78, 5) is 14.9. The van der Waals surface area contributed by atoms with E-state index in [2.05, 4.69) is 4.98 Å². The summed E-state index contributed by atoms with van der Waals surface area (Å²) < 4.78 is 54.1. The van der Waals surface area contributed by atoms with Crippen LogP contribution in [0.2, 0.25) is 0 Å². The standard InChI is InChI=1S/C23H17F3N2O4/c24-23(25,26)18-14-17(32-20-5-2-11-28-12-10-27-22(20)28)7-8-19(18)31-16-4-1-3-15(13-16)6-9-21(29)30/h1-5,7-8,10-14H,6,9H2,(H,29,30). The lowest BCUT2D eigenvalue weighted by molar-refractivity contribution is -0.139. The van der Waals surface area contributed by atoms with Crippen LogP contribution in [0.5, 0.6) is 23.0 Å². The zero-order chi connectivity index (χ0) is 22.7. The average molecular weight is 442 g/mol. The lowest BCUT2D eigenvalue weighted by Crippen LogP contribution is -2.07. The van der Waals surface area contributed by atoms with Crippen LogP contribution in [0.15, 0.2) is 73.2 Å². The van der Waals surface area contributed by atoms with Gasteiger partial charge in [-0.3, -0.25) is 4.79 Å². The molecule has 0 saturated heterocycles. The van der Waals surface area contributed by atoms with Crippen LogP contribution in [0, 0.1) is 0 Å². The highest BCUT2D eigenvalue weighted by molar-refractivity contribution is 5.67. The van der Waals surface area contributed by atoms with Crippen molar-refractivity contribution in [1.82, 2.24) is 9.38 Å². The van der Waals surface area contributed by atoms with Crippen LogP contribution >= 0.6 is 0 Å². The highest BCUT2D eigenvalue weighted by Crippen LogP contribution is 2.41. The third kappa shape index (κ3) is 4.83. The number of fused-ring (bicyclic) bond motifs is 1. The highest BCUT2D eigenvalue weighted by Gasteiger charge is 2.35. The maximum Gasteiger partial charge on any atom is 0.420 e. The van der Waals surface area contributed by atoms with E-state index in [-0.39, 0.29) is 30.1 Å². The van der Waals surface area contributed by atoms with Crippen LogP contribution in [0.4, 0.5) is 13.2 Å². The fourth-order valence-corrected chi connectivity index (χ4v) is 3.15. The number of hydrogen-bond acceptors (Lipinski definition) is 4. The molecule has 32 heavy (non-hydrogen) atoms. The third-order valence-corrected chi connectivity index (χ3v) is 4.62. The Labute approximate surface area is 180 Å². The van der Waals surface area contributed by atoms with E-state index in [4.69, 9.17) is 14.6 Å². The SMILES string of the molecule is O=C(O)CCc1cccc(Oc2ccc(Oc3cccn4ccnc34)cc2C(F)(F)F)c1. The molecule has 2 heterocycles. The van der Waals surface area contributed by atoms with Crippen molar-refractivity contribution in [3.63, 3.8) is 0 Å². The quantitative estimate of drug-likeness (QED) is 0.383. The Morgan fingerprint density at radius 3 is 2.53 bits per heavy atom. The van der Waals surface area contributed by atoms with Crippen LogP contribution in [0.1, 0.15) is 17.5 Å². The topological polar surface area (TPSA) is 73.1 Å². The number of nitrogens with zero attached hydrogens (tertiary/aromatic N) is 2. The molecular formula is C23H17F3N2O4. The van der Waals surface area contributed by atoms with Gasteiger partial charge in [-0.25, -0.2) is 4.98 Å². The molecule has 164 valence electrons. The second kappa shape index (κ2) is 8.62. The minimum atomic E-state index is -4.69. The number of imidazole rings is 1. The largest absolute Gasteiger partial charge is 0.481 e. The van der Waals surface area contributed by atoms with Crippen molar-refractivity contribution in [3.8, 4) is 23.0 Å². The lowest BCUT2D eigenvalue weighted by Gasteiger charge is -2.16. The number of aromatic nitrogens is 2. The van der Waals surface area contributed by atoms with E-state index in [9.17, 15) is 18.0 Å². The van der Waals surface area contributed by atoms with Gasteiger partial charge in [-0.15, -0.1) is 0 Å². The highest BCUT2D eigenvalue weighted by atomic mass is 19.4. The number of aliphatic carboxylic acids is 1. The summed E-state index contributed by atoms with van der Waals surface area (Å²) >= 11 is 0. The lowest BCUT2D eigenvalue weighted by atomic mass is 10.1. The molecule has 0 radical (unpaired) electrons. The predicted molar refractivity (Wildman–Crippen MR) is 109 cm³/mol. The van der Waals surface area contributed by atoms with Gasteiger partial charge < -0.3 is 19.0 Å². The molecule has 0 aliphatic rings. The van der Waals surface area contributed by atoms with Crippen molar-refractivity contribution in [2.75, 3.05) is 0 Å². The number of carboxylic acids is 1. The molecule has 2 aromatic heterocycles. The number of halogens is 3. The number of alkyl halides is 3. The van der Waals surface area contributed by atoms with Crippen molar-refractivity contribution in [3.05, 3.63) is 84.3 Å². The maximum absolute atomic E-state index is 13.7. The number of hydrogen-bond donors (Lipinski definition) is 1. The van der Waals surface area contributed by atoms with E-state index >= 15 is 0 Å². The van der Waals surface area contributed by atoms with E-state index in [0.29, 0.717) is 17.0 Å². The summed E-state index contributed by atoms with van der Waals surface area (Å²) in [7, 11) is 0. The van der Waals surface area contributed by atoms with Gasteiger partial charge in [0.15, 0.2) is 11.4 Å². The van der Waals surface area contributed by atoms with E-state index in [1.165, 1.54) is 24.3 Å². The van der Waals surface area contributed by atoms with Gasteiger partial charge in [0.2, 0.25) is 0 Å². The molecule has 1 N–H and O–H groups in total. The molecule has 0 aliphatic carbocycles. The molecule has 0 aliphatic heterocycles. The Morgan fingerprint density at radius 2 is 1.75 bits per heavy atom. The first-order valence-electron chi connectivity index (χ1n) is 9.59. The number of benzene rings is 2. The van der Waals surface area contributed by atoms with Gasteiger partial charge in [0, 0.05) is 25.0 Å². The summed E-state index contributed by atoms with van der Waals surface area (Å²) in [6.07, 6.45) is 0.472. The first kappa shape index (κ1) is 21.2. The second-order valence-electron chi connectivity index (χ2n) is 6.93. The van der Waals surface area contributed by atoms with Gasteiger partial charge in [0.25, 0.3) is 0 Å². The van der Waals surface area contributed by atoms with Crippen molar-refractivity contribution in [2.45, 2.75) is 19.0 Å². The van der Waals surface area contributed by atoms with E-state index in [0.717, 1.165) is 6.07 Å². The summed E-state index contributed by atoms with van der Waals surface area (Å²) in [6, 6.07) is 13.1. The van der Waals surface area contributed by atoms with E-state index in [1.807, 2.05) is 0 Å². The third-order valence-electron chi connectivity index (χ3n) is 4.62. The van der Waals surface area contributed by atoms with Gasteiger partial charge >= 0.3 is 12.1 Å².